The summed E-state index contributed by atoms with van der Waals surface area (Å²) in [6.07, 6.45) is -2.08. The number of anilines is 2. The average Bonchev–Trinajstić information content (AvgIpc) is 3.22. The molecule has 0 radical (unpaired) electrons. The Morgan fingerprint density at radius 2 is 1.94 bits per heavy atom. The van der Waals surface area contributed by atoms with Crippen LogP contribution in [0, 0.1) is 6.92 Å². The highest BCUT2D eigenvalue weighted by Crippen LogP contribution is 2.33. The number of aromatic nitrogens is 3. The molecule has 3 heterocycles. The second kappa shape index (κ2) is 9.99. The summed E-state index contributed by atoms with van der Waals surface area (Å²) in [5.74, 6) is -1.13. The van der Waals surface area contributed by atoms with Crippen molar-refractivity contribution in [1.82, 2.24) is 25.2 Å². The van der Waals surface area contributed by atoms with Crippen molar-refractivity contribution in [3.63, 3.8) is 0 Å². The fourth-order valence-corrected chi connectivity index (χ4v) is 4.30. The predicted molar refractivity (Wildman–Crippen MR) is 124 cm³/mol. The van der Waals surface area contributed by atoms with Crippen molar-refractivity contribution >= 4 is 40.6 Å². The number of nitrogens with zero attached hydrogens (tertiary/aromatic N) is 4. The summed E-state index contributed by atoms with van der Waals surface area (Å²) in [5, 5.41) is 8.16. The summed E-state index contributed by atoms with van der Waals surface area (Å²) in [7, 11) is 1.73. The lowest BCUT2D eigenvalue weighted by Gasteiger charge is -2.13. The summed E-state index contributed by atoms with van der Waals surface area (Å²) < 4.78 is 39.4. The number of hydrogen-bond donors (Lipinski definition) is 3. The highest BCUT2D eigenvalue weighted by Gasteiger charge is 2.32. The van der Waals surface area contributed by atoms with Crippen LogP contribution in [0.3, 0.4) is 0 Å². The molecule has 188 valence electrons. The molecule has 0 atom stereocenters. The van der Waals surface area contributed by atoms with Gasteiger partial charge in [0, 0.05) is 17.8 Å². The van der Waals surface area contributed by atoms with Gasteiger partial charge >= 0.3 is 6.18 Å². The molecule has 36 heavy (non-hydrogen) atoms. The van der Waals surface area contributed by atoms with Crippen LogP contribution in [-0.4, -0.2) is 51.2 Å². The maximum absolute atomic E-state index is 13.1. The van der Waals surface area contributed by atoms with Crippen LogP contribution in [-0.2, 0) is 24.1 Å². The number of aryl methyl sites for hydroxylation is 1. The number of halogens is 3. The van der Waals surface area contributed by atoms with E-state index in [1.54, 1.807) is 11.9 Å². The van der Waals surface area contributed by atoms with Gasteiger partial charge in [0.25, 0.3) is 11.8 Å². The Kier molecular flexibility index (Phi) is 6.99. The zero-order valence-electron chi connectivity index (χ0n) is 19.1. The van der Waals surface area contributed by atoms with Crippen molar-refractivity contribution in [2.75, 3.05) is 24.2 Å². The van der Waals surface area contributed by atoms with Crippen molar-refractivity contribution in [1.29, 1.82) is 0 Å². The first kappa shape index (κ1) is 25.2. The van der Waals surface area contributed by atoms with Crippen LogP contribution in [0.2, 0.25) is 0 Å². The van der Waals surface area contributed by atoms with E-state index in [4.69, 9.17) is 0 Å². The molecule has 10 nitrogen and oxygen atoms in total. The van der Waals surface area contributed by atoms with Crippen molar-refractivity contribution in [2.24, 2.45) is 0 Å². The quantitative estimate of drug-likeness (QED) is 0.473. The molecule has 0 saturated heterocycles. The molecule has 3 N–H and O–H groups in total. The second-order valence-corrected chi connectivity index (χ2v) is 9.17. The molecule has 1 aliphatic rings. The van der Waals surface area contributed by atoms with Gasteiger partial charge in [-0.2, -0.15) is 13.2 Å². The van der Waals surface area contributed by atoms with Crippen LogP contribution in [0.4, 0.5) is 24.7 Å². The molecule has 0 fully saturated rings. The van der Waals surface area contributed by atoms with E-state index in [0.29, 0.717) is 10.6 Å². The number of alkyl halides is 3. The zero-order valence-corrected chi connectivity index (χ0v) is 19.9. The van der Waals surface area contributed by atoms with Gasteiger partial charge in [-0.3, -0.25) is 19.3 Å². The number of rotatable bonds is 5. The first-order valence-electron chi connectivity index (χ1n) is 10.6. The lowest BCUT2D eigenvalue weighted by atomic mass is 10.1. The van der Waals surface area contributed by atoms with E-state index < -0.39 is 23.6 Å². The highest BCUT2D eigenvalue weighted by molar-refractivity contribution is 7.13. The molecule has 0 unspecified atom stereocenters. The fourth-order valence-electron chi connectivity index (χ4n) is 3.54. The molecular weight excluding hydrogens is 499 g/mol. The Morgan fingerprint density at radius 3 is 2.69 bits per heavy atom. The van der Waals surface area contributed by atoms with Crippen molar-refractivity contribution < 1.29 is 27.6 Å². The Balaban J connectivity index is 1.42. The Morgan fingerprint density at radius 1 is 1.17 bits per heavy atom. The molecule has 14 heteroatoms. The number of thiazole rings is 1. The van der Waals surface area contributed by atoms with Gasteiger partial charge in [0.1, 0.15) is 27.7 Å². The number of carbonyl (C=O) groups is 3. The first-order chi connectivity index (χ1) is 17.0. The Bertz CT molecular complexity index is 1340. The van der Waals surface area contributed by atoms with E-state index in [2.05, 4.69) is 30.9 Å². The van der Waals surface area contributed by atoms with E-state index in [-0.39, 0.29) is 53.2 Å². The van der Waals surface area contributed by atoms with Gasteiger partial charge in [-0.15, -0.1) is 11.3 Å². The molecule has 1 aliphatic heterocycles. The molecule has 4 rings (SSSR count). The number of amides is 3. The maximum Gasteiger partial charge on any atom is 0.416 e. The maximum atomic E-state index is 13.1. The fraction of sp³-hybridized carbons (Fsp3) is 0.273. The average molecular weight is 520 g/mol. The van der Waals surface area contributed by atoms with Crippen LogP contribution < -0.4 is 16.0 Å². The third-order valence-electron chi connectivity index (χ3n) is 5.24. The van der Waals surface area contributed by atoms with E-state index >= 15 is 0 Å². The molecular formula is C22H20F3N7O3S. The van der Waals surface area contributed by atoms with Crippen molar-refractivity contribution in [2.45, 2.75) is 26.2 Å². The smallest absolute Gasteiger partial charge is 0.344 e. The van der Waals surface area contributed by atoms with Gasteiger partial charge < -0.3 is 16.0 Å². The van der Waals surface area contributed by atoms with Crippen molar-refractivity contribution in [3.8, 4) is 0 Å². The van der Waals surface area contributed by atoms with Gasteiger partial charge in [-0.05, 0) is 31.7 Å². The molecule has 0 saturated carbocycles. The van der Waals surface area contributed by atoms with Gasteiger partial charge in [0.2, 0.25) is 5.91 Å². The standard InChI is InChI=1S/C22H20F3N7O3S/c1-11-3-4-12(5-14(11)22(23,24)25)30-20(34)15-6-26-17(36-15)7-27-21(35)18-13-8-32(2)9-16(33)31-19(13)29-10-28-18/h3-6,10H,7-9H2,1-2H3,(H,27,35)(H,30,34)(H,28,29,31,33). The lowest BCUT2D eigenvalue weighted by Crippen LogP contribution is -2.27. The molecule has 0 aliphatic carbocycles. The largest absolute Gasteiger partial charge is 0.416 e. The van der Waals surface area contributed by atoms with Gasteiger partial charge in [0.05, 0.1) is 24.8 Å². The lowest BCUT2D eigenvalue weighted by molar-refractivity contribution is -0.138. The van der Waals surface area contributed by atoms with Crippen LogP contribution in [0.25, 0.3) is 0 Å². The number of hydrogen-bond acceptors (Lipinski definition) is 8. The summed E-state index contributed by atoms with van der Waals surface area (Å²) in [6, 6.07) is 3.54. The van der Waals surface area contributed by atoms with Crippen LogP contribution in [0.1, 0.15) is 41.9 Å². The normalized spacial score (nSPS) is 14.0. The summed E-state index contributed by atoms with van der Waals surface area (Å²) in [6.45, 7) is 1.75. The summed E-state index contributed by atoms with van der Waals surface area (Å²) in [4.78, 5) is 51.3. The monoisotopic (exact) mass is 519 g/mol. The minimum atomic E-state index is -4.54. The molecule has 3 amide bonds. The number of benzene rings is 1. The molecule has 2 aromatic heterocycles. The minimum absolute atomic E-state index is 0.00249. The predicted octanol–water partition coefficient (Wildman–Crippen LogP) is 2.83. The minimum Gasteiger partial charge on any atom is -0.344 e. The van der Waals surface area contributed by atoms with Crippen LogP contribution >= 0.6 is 11.3 Å². The molecule has 0 bridgehead atoms. The third-order valence-corrected chi connectivity index (χ3v) is 6.23. The second-order valence-electron chi connectivity index (χ2n) is 8.05. The number of carbonyl (C=O) groups excluding carboxylic acids is 3. The molecule has 3 aromatic rings. The van der Waals surface area contributed by atoms with Gasteiger partial charge in [-0.1, -0.05) is 6.07 Å². The van der Waals surface area contributed by atoms with E-state index in [1.807, 2.05) is 0 Å². The summed E-state index contributed by atoms with van der Waals surface area (Å²) >= 11 is 0.985. The SMILES string of the molecule is Cc1ccc(NC(=O)c2cnc(CNC(=O)c3ncnc4c3CN(C)CC(=O)N4)s2)cc1C(F)(F)F. The van der Waals surface area contributed by atoms with E-state index in [1.165, 1.54) is 31.6 Å². The van der Waals surface area contributed by atoms with Gasteiger partial charge in [-0.25, -0.2) is 15.0 Å². The number of likely N-dealkylation sites (N-methyl/N-ethyl adjacent to an activating group) is 1. The highest BCUT2D eigenvalue weighted by atomic mass is 32.1. The van der Waals surface area contributed by atoms with Gasteiger partial charge in [0.15, 0.2) is 0 Å². The molecule has 0 spiro atoms. The van der Waals surface area contributed by atoms with E-state index in [0.717, 1.165) is 17.4 Å². The third kappa shape index (κ3) is 5.66. The summed E-state index contributed by atoms with van der Waals surface area (Å²) in [5.41, 5.74) is -0.211. The Hall–Kier alpha value is -3.91. The number of fused-ring (bicyclic) bond motifs is 1. The zero-order chi connectivity index (χ0) is 26.0. The number of nitrogens with one attached hydrogen (secondary N) is 3. The van der Waals surface area contributed by atoms with Crippen molar-refractivity contribution in [3.05, 3.63) is 63.0 Å². The van der Waals surface area contributed by atoms with Crippen LogP contribution in [0.15, 0.2) is 30.7 Å². The Labute approximate surface area is 207 Å². The van der Waals surface area contributed by atoms with Crippen LogP contribution in [0.5, 0.6) is 0 Å². The van der Waals surface area contributed by atoms with E-state index in [9.17, 15) is 27.6 Å². The molecule has 1 aromatic carbocycles. The first-order valence-corrected chi connectivity index (χ1v) is 11.4. The topological polar surface area (TPSA) is 129 Å².